The normalized spacial score (nSPS) is 36.5. The largest absolute Gasteiger partial charge is 0.357 e. The standard InChI is InChI=1S/C21H29N3O/c25-20(18-5-4-6-19(22-18)24-7-2-1-3-8-24)23-21-12-15-9-16(13-21)11-17(10-15)14-21/h4-6,15-17H,1-3,7-14H2,(H,23,25). The Labute approximate surface area is 150 Å². The summed E-state index contributed by atoms with van der Waals surface area (Å²) in [5.41, 5.74) is 0.660. The van der Waals surface area contributed by atoms with Gasteiger partial charge < -0.3 is 10.2 Å². The molecule has 4 saturated carbocycles. The molecular weight excluding hydrogens is 310 g/mol. The van der Waals surface area contributed by atoms with Crippen molar-refractivity contribution in [2.24, 2.45) is 17.8 Å². The predicted octanol–water partition coefficient (Wildman–Crippen LogP) is 3.77. The highest BCUT2D eigenvalue weighted by atomic mass is 16.2. The minimum atomic E-state index is 0.0424. The number of carbonyl (C=O) groups is 1. The fourth-order valence-electron chi connectivity index (χ4n) is 6.42. The molecule has 4 heteroatoms. The van der Waals surface area contributed by atoms with Gasteiger partial charge in [0.25, 0.3) is 5.91 Å². The Morgan fingerprint density at radius 3 is 2.28 bits per heavy atom. The van der Waals surface area contributed by atoms with Crippen LogP contribution in [0.5, 0.6) is 0 Å². The highest BCUT2D eigenvalue weighted by Crippen LogP contribution is 2.55. The first-order valence-corrected chi connectivity index (χ1v) is 10.2. The van der Waals surface area contributed by atoms with E-state index in [1.807, 2.05) is 18.2 Å². The van der Waals surface area contributed by atoms with E-state index in [2.05, 4.69) is 10.2 Å². The van der Waals surface area contributed by atoms with Gasteiger partial charge in [-0.2, -0.15) is 0 Å². The first-order valence-electron chi connectivity index (χ1n) is 10.2. The van der Waals surface area contributed by atoms with E-state index in [0.717, 1.165) is 36.7 Å². The quantitative estimate of drug-likeness (QED) is 0.912. The summed E-state index contributed by atoms with van der Waals surface area (Å²) < 4.78 is 0. The molecule has 4 aliphatic carbocycles. The summed E-state index contributed by atoms with van der Waals surface area (Å²) in [6.07, 6.45) is 11.5. The molecular formula is C21H29N3O. The lowest BCUT2D eigenvalue weighted by atomic mass is 9.53. The molecule has 0 atom stereocenters. The van der Waals surface area contributed by atoms with Gasteiger partial charge in [0, 0.05) is 18.6 Å². The van der Waals surface area contributed by atoms with Crippen LogP contribution in [0.15, 0.2) is 18.2 Å². The van der Waals surface area contributed by atoms with Gasteiger partial charge in [0.1, 0.15) is 11.5 Å². The zero-order valence-corrected chi connectivity index (χ0v) is 15.0. The van der Waals surface area contributed by atoms with Gasteiger partial charge in [-0.05, 0) is 87.7 Å². The molecule has 0 unspecified atom stereocenters. The smallest absolute Gasteiger partial charge is 0.270 e. The number of pyridine rings is 1. The average Bonchev–Trinajstić information content (AvgIpc) is 2.61. The van der Waals surface area contributed by atoms with Gasteiger partial charge in [-0.15, -0.1) is 0 Å². The third kappa shape index (κ3) is 2.94. The highest BCUT2D eigenvalue weighted by Gasteiger charge is 2.51. The lowest BCUT2D eigenvalue weighted by Crippen LogP contribution is -2.59. The molecule has 4 bridgehead atoms. The number of hydrogen-bond donors (Lipinski definition) is 1. The zero-order valence-electron chi connectivity index (χ0n) is 15.0. The number of anilines is 1. The second-order valence-corrected chi connectivity index (χ2v) is 9.08. The predicted molar refractivity (Wildman–Crippen MR) is 98.7 cm³/mol. The zero-order chi connectivity index (χ0) is 16.9. The highest BCUT2D eigenvalue weighted by molar-refractivity contribution is 5.93. The second-order valence-electron chi connectivity index (χ2n) is 9.08. The van der Waals surface area contributed by atoms with Gasteiger partial charge in [-0.3, -0.25) is 4.79 Å². The molecule has 1 aromatic rings. The summed E-state index contributed by atoms with van der Waals surface area (Å²) in [6, 6.07) is 5.92. The van der Waals surface area contributed by atoms with E-state index in [9.17, 15) is 4.79 Å². The van der Waals surface area contributed by atoms with Crippen molar-refractivity contribution in [1.82, 2.24) is 10.3 Å². The van der Waals surface area contributed by atoms with E-state index < -0.39 is 0 Å². The van der Waals surface area contributed by atoms with E-state index in [4.69, 9.17) is 4.98 Å². The number of hydrogen-bond acceptors (Lipinski definition) is 3. The molecule has 2 heterocycles. The minimum Gasteiger partial charge on any atom is -0.357 e. The van der Waals surface area contributed by atoms with Crippen LogP contribution in [0.2, 0.25) is 0 Å². The van der Waals surface area contributed by atoms with Gasteiger partial charge in [-0.1, -0.05) is 6.07 Å². The Bertz CT molecular complexity index is 630. The third-order valence-corrected chi connectivity index (χ3v) is 7.06. The number of aromatic nitrogens is 1. The molecule has 0 spiro atoms. The van der Waals surface area contributed by atoms with Crippen LogP contribution in [0.25, 0.3) is 0 Å². The van der Waals surface area contributed by atoms with E-state index in [1.165, 1.54) is 57.8 Å². The molecule has 1 saturated heterocycles. The SMILES string of the molecule is O=C(NC12CC3CC(CC(C3)C1)C2)c1cccc(N2CCCCC2)n1. The molecule has 0 aromatic carbocycles. The van der Waals surface area contributed by atoms with Gasteiger partial charge in [0.15, 0.2) is 0 Å². The number of rotatable bonds is 3. The van der Waals surface area contributed by atoms with Crippen molar-refractivity contribution in [1.29, 1.82) is 0 Å². The van der Waals surface area contributed by atoms with Crippen molar-refractivity contribution in [2.75, 3.05) is 18.0 Å². The average molecular weight is 339 g/mol. The maximum atomic E-state index is 13.0. The summed E-state index contributed by atoms with van der Waals surface area (Å²) in [7, 11) is 0. The van der Waals surface area contributed by atoms with Crippen molar-refractivity contribution in [2.45, 2.75) is 63.3 Å². The van der Waals surface area contributed by atoms with Crippen LogP contribution in [0.3, 0.4) is 0 Å². The third-order valence-electron chi connectivity index (χ3n) is 7.06. The van der Waals surface area contributed by atoms with Gasteiger partial charge in [-0.25, -0.2) is 4.98 Å². The van der Waals surface area contributed by atoms with Gasteiger partial charge >= 0.3 is 0 Å². The van der Waals surface area contributed by atoms with E-state index >= 15 is 0 Å². The maximum Gasteiger partial charge on any atom is 0.270 e. The molecule has 4 nitrogen and oxygen atoms in total. The molecule has 1 aromatic heterocycles. The molecule has 134 valence electrons. The van der Waals surface area contributed by atoms with Crippen LogP contribution in [-0.2, 0) is 0 Å². The fourth-order valence-corrected chi connectivity index (χ4v) is 6.42. The summed E-state index contributed by atoms with van der Waals surface area (Å²) in [6.45, 7) is 2.13. The Kier molecular flexibility index (Phi) is 3.76. The Morgan fingerprint density at radius 2 is 1.64 bits per heavy atom. The molecule has 1 aliphatic heterocycles. The molecule has 6 rings (SSSR count). The maximum absolute atomic E-state index is 13.0. The molecule has 25 heavy (non-hydrogen) atoms. The van der Waals surface area contributed by atoms with Crippen LogP contribution >= 0.6 is 0 Å². The monoisotopic (exact) mass is 339 g/mol. The number of carbonyl (C=O) groups excluding carboxylic acids is 1. The van der Waals surface area contributed by atoms with E-state index in [0.29, 0.717) is 5.69 Å². The lowest BCUT2D eigenvalue weighted by molar-refractivity contribution is -0.0167. The molecule has 0 radical (unpaired) electrons. The molecule has 5 fully saturated rings. The van der Waals surface area contributed by atoms with Crippen molar-refractivity contribution < 1.29 is 4.79 Å². The summed E-state index contributed by atoms with van der Waals surface area (Å²) in [5.74, 6) is 3.55. The molecule has 5 aliphatic rings. The first kappa shape index (κ1) is 15.7. The van der Waals surface area contributed by atoms with Crippen molar-refractivity contribution in [3.05, 3.63) is 23.9 Å². The van der Waals surface area contributed by atoms with Crippen molar-refractivity contribution in [3.8, 4) is 0 Å². The number of amides is 1. The Hall–Kier alpha value is -1.58. The number of piperidine rings is 1. The van der Waals surface area contributed by atoms with Crippen molar-refractivity contribution >= 4 is 11.7 Å². The van der Waals surface area contributed by atoms with Crippen LogP contribution in [0.4, 0.5) is 5.82 Å². The second kappa shape index (κ2) is 6.00. The van der Waals surface area contributed by atoms with Gasteiger partial charge in [0.05, 0.1) is 0 Å². The van der Waals surface area contributed by atoms with Crippen LogP contribution in [0.1, 0.15) is 68.3 Å². The Balaban J connectivity index is 1.33. The van der Waals surface area contributed by atoms with Crippen LogP contribution in [-0.4, -0.2) is 29.5 Å². The topological polar surface area (TPSA) is 45.2 Å². The minimum absolute atomic E-state index is 0.0424. The van der Waals surface area contributed by atoms with Crippen molar-refractivity contribution in [3.63, 3.8) is 0 Å². The number of nitrogens with zero attached hydrogens (tertiary/aromatic N) is 2. The van der Waals surface area contributed by atoms with E-state index in [-0.39, 0.29) is 11.4 Å². The molecule has 1 N–H and O–H groups in total. The fraction of sp³-hybridized carbons (Fsp3) is 0.714. The van der Waals surface area contributed by atoms with Gasteiger partial charge in [0.2, 0.25) is 0 Å². The lowest BCUT2D eigenvalue weighted by Gasteiger charge is -2.56. The Morgan fingerprint density at radius 1 is 1.00 bits per heavy atom. The first-order chi connectivity index (χ1) is 12.2. The number of nitrogens with one attached hydrogen (secondary N) is 1. The van der Waals surface area contributed by atoms with Crippen LogP contribution in [0, 0.1) is 17.8 Å². The van der Waals surface area contributed by atoms with E-state index in [1.54, 1.807) is 0 Å². The molecule has 1 amide bonds. The summed E-state index contributed by atoms with van der Waals surface area (Å²) in [4.78, 5) is 20.0. The summed E-state index contributed by atoms with van der Waals surface area (Å²) in [5, 5.41) is 3.45. The van der Waals surface area contributed by atoms with Crippen LogP contribution < -0.4 is 10.2 Å². The summed E-state index contributed by atoms with van der Waals surface area (Å²) >= 11 is 0.